The Hall–Kier alpha value is -3.21. The fourth-order valence-electron chi connectivity index (χ4n) is 3.61. The van der Waals surface area contributed by atoms with Gasteiger partial charge in [-0.05, 0) is 35.7 Å². The molecule has 1 atom stereocenters. The van der Waals surface area contributed by atoms with E-state index in [0.717, 1.165) is 16.6 Å². The van der Waals surface area contributed by atoms with Gasteiger partial charge >= 0.3 is 0 Å². The van der Waals surface area contributed by atoms with Crippen molar-refractivity contribution in [3.05, 3.63) is 66.4 Å². The second-order valence-electron chi connectivity index (χ2n) is 7.52. The number of hydrogen-bond acceptors (Lipinski definition) is 3. The highest BCUT2D eigenvalue weighted by atomic mass is 16.2. The van der Waals surface area contributed by atoms with Crippen LogP contribution in [0, 0.1) is 5.92 Å². The molecule has 4 rings (SSSR count). The number of amides is 2. The van der Waals surface area contributed by atoms with Gasteiger partial charge in [-0.25, -0.2) is 0 Å². The largest absolute Gasteiger partial charge is 0.324 e. The van der Waals surface area contributed by atoms with Gasteiger partial charge in [-0.15, -0.1) is 0 Å². The Morgan fingerprint density at radius 3 is 2.61 bits per heavy atom. The van der Waals surface area contributed by atoms with Crippen LogP contribution in [0.4, 0.5) is 11.4 Å². The number of aromatic nitrogens is 1. The number of hydrogen-bond donors (Lipinski definition) is 1. The topological polar surface area (TPSA) is 62.3 Å². The van der Waals surface area contributed by atoms with Gasteiger partial charge in [-0.1, -0.05) is 44.2 Å². The molecule has 1 aliphatic rings. The Labute approximate surface area is 164 Å². The predicted molar refractivity (Wildman–Crippen MR) is 111 cm³/mol. The molecule has 142 valence electrons. The van der Waals surface area contributed by atoms with Crippen molar-refractivity contribution >= 4 is 34.1 Å². The second kappa shape index (κ2) is 7.43. The number of rotatable bonds is 4. The summed E-state index contributed by atoms with van der Waals surface area (Å²) >= 11 is 0. The van der Waals surface area contributed by atoms with Crippen molar-refractivity contribution in [2.45, 2.75) is 26.2 Å². The Morgan fingerprint density at radius 2 is 1.86 bits per heavy atom. The van der Waals surface area contributed by atoms with Crippen molar-refractivity contribution in [1.82, 2.24) is 4.98 Å². The van der Waals surface area contributed by atoms with Crippen LogP contribution < -0.4 is 10.2 Å². The van der Waals surface area contributed by atoms with Crippen molar-refractivity contribution in [3.8, 4) is 0 Å². The Bertz CT molecular complexity index is 1020. The first-order chi connectivity index (χ1) is 13.5. The van der Waals surface area contributed by atoms with E-state index in [2.05, 4.69) is 24.1 Å². The van der Waals surface area contributed by atoms with E-state index in [1.165, 1.54) is 5.56 Å². The van der Waals surface area contributed by atoms with Gasteiger partial charge in [0, 0.05) is 30.2 Å². The summed E-state index contributed by atoms with van der Waals surface area (Å²) in [6, 6.07) is 17.5. The molecule has 2 amide bonds. The molecular formula is C23H23N3O2. The zero-order valence-electron chi connectivity index (χ0n) is 16.1. The molecule has 0 aliphatic carbocycles. The van der Waals surface area contributed by atoms with Crippen LogP contribution in [0.5, 0.6) is 0 Å². The number of nitrogens with one attached hydrogen (secondary N) is 1. The average molecular weight is 373 g/mol. The zero-order chi connectivity index (χ0) is 19.7. The van der Waals surface area contributed by atoms with E-state index in [1.807, 2.05) is 54.6 Å². The van der Waals surface area contributed by atoms with E-state index in [4.69, 9.17) is 0 Å². The van der Waals surface area contributed by atoms with Crippen LogP contribution in [0.15, 0.2) is 60.8 Å². The van der Waals surface area contributed by atoms with Crippen LogP contribution in [-0.2, 0) is 9.59 Å². The van der Waals surface area contributed by atoms with Gasteiger partial charge < -0.3 is 10.2 Å². The van der Waals surface area contributed by atoms with E-state index in [9.17, 15) is 9.59 Å². The minimum atomic E-state index is -0.378. The van der Waals surface area contributed by atoms with Crippen LogP contribution in [0.2, 0.25) is 0 Å². The Balaban J connectivity index is 1.49. The van der Waals surface area contributed by atoms with Crippen LogP contribution in [0.3, 0.4) is 0 Å². The van der Waals surface area contributed by atoms with Crippen molar-refractivity contribution in [2.24, 2.45) is 5.92 Å². The quantitative estimate of drug-likeness (QED) is 0.739. The molecule has 5 heteroatoms. The van der Waals surface area contributed by atoms with Crippen LogP contribution in [0.25, 0.3) is 10.9 Å². The van der Waals surface area contributed by atoms with Crippen molar-refractivity contribution in [3.63, 3.8) is 0 Å². The SMILES string of the molecule is CC(C)c1ccc(N2CC(C(=O)Nc3cccc4cccnc34)CC2=O)cc1. The summed E-state index contributed by atoms with van der Waals surface area (Å²) in [6.45, 7) is 4.67. The van der Waals surface area contributed by atoms with E-state index in [1.54, 1.807) is 11.1 Å². The molecule has 1 saturated heterocycles. The zero-order valence-corrected chi connectivity index (χ0v) is 16.1. The molecule has 1 aromatic heterocycles. The van der Waals surface area contributed by atoms with Gasteiger partial charge in [0.05, 0.1) is 17.1 Å². The number of anilines is 2. The average Bonchev–Trinajstić information content (AvgIpc) is 3.10. The fraction of sp³-hybridized carbons (Fsp3) is 0.261. The molecule has 3 aromatic rings. The maximum atomic E-state index is 12.8. The summed E-state index contributed by atoms with van der Waals surface area (Å²) in [5, 5.41) is 3.93. The first-order valence-corrected chi connectivity index (χ1v) is 9.58. The highest BCUT2D eigenvalue weighted by Crippen LogP contribution is 2.28. The molecule has 0 radical (unpaired) electrons. The van der Waals surface area contributed by atoms with Crippen molar-refractivity contribution in [2.75, 3.05) is 16.8 Å². The predicted octanol–water partition coefficient (Wildman–Crippen LogP) is 4.35. The van der Waals surface area contributed by atoms with Gasteiger partial charge in [-0.3, -0.25) is 14.6 Å². The number of nitrogens with zero attached hydrogens (tertiary/aromatic N) is 2. The van der Waals surface area contributed by atoms with E-state index < -0.39 is 0 Å². The van der Waals surface area contributed by atoms with Gasteiger partial charge in [0.2, 0.25) is 11.8 Å². The number of fused-ring (bicyclic) bond motifs is 1. The summed E-state index contributed by atoms with van der Waals surface area (Å²) in [5.74, 6) is -0.103. The minimum Gasteiger partial charge on any atom is -0.324 e. The summed E-state index contributed by atoms with van der Waals surface area (Å²) in [4.78, 5) is 31.4. The number of para-hydroxylation sites is 1. The molecule has 1 N–H and O–H groups in total. The standard InChI is InChI=1S/C23H23N3O2/c1-15(2)16-8-10-19(11-9-16)26-14-18(13-21(26)27)23(28)25-20-7-3-5-17-6-4-12-24-22(17)20/h3-12,15,18H,13-14H2,1-2H3,(H,25,28). The van der Waals surface area contributed by atoms with Gasteiger partial charge in [0.15, 0.2) is 0 Å². The van der Waals surface area contributed by atoms with Gasteiger partial charge in [-0.2, -0.15) is 0 Å². The number of benzene rings is 2. The normalized spacial score (nSPS) is 16.8. The maximum absolute atomic E-state index is 12.8. The lowest BCUT2D eigenvalue weighted by atomic mass is 10.0. The minimum absolute atomic E-state index is 0.0199. The van der Waals surface area contributed by atoms with Gasteiger partial charge in [0.1, 0.15) is 0 Å². The molecule has 2 aromatic carbocycles. The molecule has 0 spiro atoms. The highest BCUT2D eigenvalue weighted by Gasteiger charge is 2.35. The molecular weight excluding hydrogens is 350 g/mol. The molecule has 28 heavy (non-hydrogen) atoms. The molecule has 0 saturated carbocycles. The monoisotopic (exact) mass is 373 g/mol. The lowest BCUT2D eigenvalue weighted by Gasteiger charge is -2.18. The first kappa shape index (κ1) is 18.2. The lowest BCUT2D eigenvalue weighted by molar-refractivity contribution is -0.122. The van der Waals surface area contributed by atoms with Crippen LogP contribution >= 0.6 is 0 Å². The smallest absolute Gasteiger partial charge is 0.229 e. The van der Waals surface area contributed by atoms with Gasteiger partial charge in [0.25, 0.3) is 0 Å². The number of carbonyl (C=O) groups excluding carboxylic acids is 2. The molecule has 5 nitrogen and oxygen atoms in total. The highest BCUT2D eigenvalue weighted by molar-refractivity contribution is 6.06. The molecule has 0 bridgehead atoms. The molecule has 2 heterocycles. The van der Waals surface area contributed by atoms with E-state index >= 15 is 0 Å². The Morgan fingerprint density at radius 1 is 1.11 bits per heavy atom. The van der Waals surface area contributed by atoms with E-state index in [-0.39, 0.29) is 24.2 Å². The Kier molecular flexibility index (Phi) is 4.82. The van der Waals surface area contributed by atoms with Crippen molar-refractivity contribution in [1.29, 1.82) is 0 Å². The maximum Gasteiger partial charge on any atom is 0.229 e. The summed E-state index contributed by atoms with van der Waals surface area (Å²) in [7, 11) is 0. The molecule has 1 aliphatic heterocycles. The second-order valence-corrected chi connectivity index (χ2v) is 7.52. The molecule has 1 fully saturated rings. The van der Waals surface area contributed by atoms with Crippen molar-refractivity contribution < 1.29 is 9.59 Å². The fourth-order valence-corrected chi connectivity index (χ4v) is 3.61. The third kappa shape index (κ3) is 3.48. The van der Waals surface area contributed by atoms with Crippen LogP contribution in [0.1, 0.15) is 31.7 Å². The van der Waals surface area contributed by atoms with E-state index in [0.29, 0.717) is 18.2 Å². The lowest BCUT2D eigenvalue weighted by Crippen LogP contribution is -2.28. The summed E-state index contributed by atoms with van der Waals surface area (Å²) < 4.78 is 0. The summed E-state index contributed by atoms with van der Waals surface area (Å²) in [5.41, 5.74) is 3.50. The third-order valence-electron chi connectivity index (χ3n) is 5.26. The molecule has 1 unspecified atom stereocenters. The summed E-state index contributed by atoms with van der Waals surface area (Å²) in [6.07, 6.45) is 1.93. The first-order valence-electron chi connectivity index (χ1n) is 9.58. The number of carbonyl (C=O) groups is 2. The third-order valence-corrected chi connectivity index (χ3v) is 5.26. The number of pyridine rings is 1. The van der Waals surface area contributed by atoms with Crippen LogP contribution in [-0.4, -0.2) is 23.3 Å².